The van der Waals surface area contributed by atoms with E-state index in [2.05, 4.69) is 25.9 Å². The first kappa shape index (κ1) is 20.2. The van der Waals surface area contributed by atoms with Gasteiger partial charge in [-0.05, 0) is 43.7 Å². The number of nitrogens with zero attached hydrogens (tertiary/aromatic N) is 4. The standard InChI is InChI=1S/C20H19ClN6O2/c1-12(24-25-20(29)18-17(21)13(2)26-27(18)3)14-4-6-16(7-5-14)23-19(28)15-8-10-22-11-9-15/h4-11H,1-3H3,(H,23,28)(H,25,29). The van der Waals surface area contributed by atoms with Gasteiger partial charge in [0.05, 0.1) is 16.4 Å². The first-order chi connectivity index (χ1) is 13.9. The van der Waals surface area contributed by atoms with E-state index in [1.54, 1.807) is 69.7 Å². The molecule has 0 bridgehead atoms. The summed E-state index contributed by atoms with van der Waals surface area (Å²) in [4.78, 5) is 28.4. The van der Waals surface area contributed by atoms with Gasteiger partial charge in [-0.25, -0.2) is 5.43 Å². The first-order valence-electron chi connectivity index (χ1n) is 8.72. The van der Waals surface area contributed by atoms with Crippen LogP contribution in [0.4, 0.5) is 5.69 Å². The van der Waals surface area contributed by atoms with Gasteiger partial charge in [-0.1, -0.05) is 23.7 Å². The van der Waals surface area contributed by atoms with Crippen molar-refractivity contribution in [3.63, 3.8) is 0 Å². The van der Waals surface area contributed by atoms with Gasteiger partial charge >= 0.3 is 0 Å². The Balaban J connectivity index is 1.66. The van der Waals surface area contributed by atoms with Gasteiger partial charge in [0, 0.05) is 30.7 Å². The second-order valence-corrected chi connectivity index (χ2v) is 6.66. The zero-order valence-electron chi connectivity index (χ0n) is 16.1. The molecule has 0 spiro atoms. The number of hydrogen-bond donors (Lipinski definition) is 2. The molecule has 0 radical (unpaired) electrons. The third-order valence-corrected chi connectivity index (χ3v) is 4.64. The van der Waals surface area contributed by atoms with Crippen molar-refractivity contribution in [3.8, 4) is 0 Å². The van der Waals surface area contributed by atoms with E-state index in [0.717, 1.165) is 5.56 Å². The van der Waals surface area contributed by atoms with Gasteiger partial charge < -0.3 is 5.32 Å². The van der Waals surface area contributed by atoms with Crippen LogP contribution in [0.2, 0.25) is 5.02 Å². The van der Waals surface area contributed by atoms with Crippen LogP contribution in [-0.2, 0) is 7.05 Å². The van der Waals surface area contributed by atoms with Crippen LogP contribution in [-0.4, -0.2) is 32.3 Å². The lowest BCUT2D eigenvalue weighted by molar-refractivity contribution is 0.0944. The Morgan fingerprint density at radius 3 is 2.28 bits per heavy atom. The third kappa shape index (κ3) is 4.67. The zero-order valence-corrected chi connectivity index (χ0v) is 16.9. The van der Waals surface area contributed by atoms with Crippen molar-refractivity contribution in [3.05, 3.63) is 76.3 Å². The molecule has 3 aromatic rings. The van der Waals surface area contributed by atoms with E-state index in [1.165, 1.54) is 4.68 Å². The maximum Gasteiger partial charge on any atom is 0.291 e. The van der Waals surface area contributed by atoms with Gasteiger partial charge in [0.1, 0.15) is 5.69 Å². The average molecular weight is 411 g/mol. The van der Waals surface area contributed by atoms with Gasteiger partial charge in [0.15, 0.2) is 0 Å². The summed E-state index contributed by atoms with van der Waals surface area (Å²) in [5.74, 6) is -0.667. The van der Waals surface area contributed by atoms with Gasteiger partial charge in [0.25, 0.3) is 11.8 Å². The molecule has 9 heteroatoms. The Bertz CT molecular complexity index is 1070. The van der Waals surface area contributed by atoms with Crippen LogP contribution >= 0.6 is 11.6 Å². The van der Waals surface area contributed by atoms with E-state index < -0.39 is 5.91 Å². The molecule has 0 aliphatic heterocycles. The minimum absolute atomic E-state index is 0.221. The molecule has 2 N–H and O–H groups in total. The molecule has 8 nitrogen and oxygen atoms in total. The maximum atomic E-state index is 12.3. The number of nitrogens with one attached hydrogen (secondary N) is 2. The Hall–Kier alpha value is -3.52. The van der Waals surface area contributed by atoms with Gasteiger partial charge in [0.2, 0.25) is 0 Å². The van der Waals surface area contributed by atoms with Crippen molar-refractivity contribution in [1.29, 1.82) is 0 Å². The summed E-state index contributed by atoms with van der Waals surface area (Å²) >= 11 is 6.11. The van der Waals surface area contributed by atoms with Crippen LogP contribution < -0.4 is 10.7 Å². The Morgan fingerprint density at radius 2 is 1.69 bits per heavy atom. The summed E-state index contributed by atoms with van der Waals surface area (Å²) in [6, 6.07) is 10.4. The van der Waals surface area contributed by atoms with Crippen LogP contribution in [0.1, 0.15) is 39.0 Å². The fraction of sp³-hybridized carbons (Fsp3) is 0.150. The fourth-order valence-corrected chi connectivity index (χ4v) is 2.88. The molecule has 1 aromatic carbocycles. The number of benzene rings is 1. The molecule has 2 amide bonds. The van der Waals surface area contributed by atoms with Crippen molar-refractivity contribution < 1.29 is 9.59 Å². The number of anilines is 1. The molecule has 0 fully saturated rings. The summed E-state index contributed by atoms with van der Waals surface area (Å²) in [5.41, 5.74) is 5.86. The molecule has 0 saturated carbocycles. The van der Waals surface area contributed by atoms with E-state index in [-0.39, 0.29) is 11.6 Å². The van der Waals surface area contributed by atoms with Crippen LogP contribution in [0.3, 0.4) is 0 Å². The maximum absolute atomic E-state index is 12.3. The minimum Gasteiger partial charge on any atom is -0.322 e. The number of carbonyl (C=O) groups excluding carboxylic acids is 2. The molecule has 0 unspecified atom stereocenters. The first-order valence-corrected chi connectivity index (χ1v) is 9.10. The molecular formula is C20H19ClN6O2. The number of pyridine rings is 1. The van der Waals surface area contributed by atoms with Crippen LogP contribution in [0.5, 0.6) is 0 Å². The number of halogens is 1. The monoisotopic (exact) mass is 410 g/mol. The molecule has 148 valence electrons. The molecule has 0 saturated heterocycles. The van der Waals surface area contributed by atoms with E-state index in [9.17, 15) is 9.59 Å². The number of carbonyl (C=O) groups is 2. The largest absolute Gasteiger partial charge is 0.322 e. The Kier molecular flexibility index (Phi) is 6.04. The number of aryl methyl sites for hydroxylation is 2. The quantitative estimate of drug-likeness (QED) is 0.498. The lowest BCUT2D eigenvalue weighted by Crippen LogP contribution is -2.22. The highest BCUT2D eigenvalue weighted by atomic mass is 35.5. The average Bonchev–Trinajstić information content (AvgIpc) is 2.98. The van der Waals surface area contributed by atoms with Gasteiger partial charge in [-0.3, -0.25) is 19.3 Å². The minimum atomic E-state index is -0.446. The molecule has 0 aliphatic carbocycles. The molecule has 3 rings (SSSR count). The van der Waals surface area contributed by atoms with Crippen molar-refractivity contribution in [2.75, 3.05) is 5.32 Å². The summed E-state index contributed by atoms with van der Waals surface area (Å²) in [6.07, 6.45) is 3.12. The fourth-order valence-electron chi connectivity index (χ4n) is 2.63. The lowest BCUT2D eigenvalue weighted by atomic mass is 10.1. The summed E-state index contributed by atoms with van der Waals surface area (Å²) in [5, 5.41) is 11.3. The molecule has 0 aliphatic rings. The smallest absolute Gasteiger partial charge is 0.291 e. The number of amides is 2. The van der Waals surface area contributed by atoms with E-state index in [0.29, 0.717) is 27.7 Å². The van der Waals surface area contributed by atoms with Crippen molar-refractivity contribution >= 4 is 34.8 Å². The van der Waals surface area contributed by atoms with Crippen LogP contribution in [0, 0.1) is 6.92 Å². The zero-order chi connectivity index (χ0) is 21.0. The normalized spacial score (nSPS) is 11.2. The highest BCUT2D eigenvalue weighted by Crippen LogP contribution is 2.19. The SMILES string of the molecule is CC(=NNC(=O)c1c(Cl)c(C)nn1C)c1ccc(NC(=O)c2ccncc2)cc1. The summed E-state index contributed by atoms with van der Waals surface area (Å²) in [7, 11) is 1.64. The van der Waals surface area contributed by atoms with Gasteiger partial charge in [-0.15, -0.1) is 0 Å². The van der Waals surface area contributed by atoms with E-state index >= 15 is 0 Å². The number of rotatable bonds is 5. The number of hydrogen-bond acceptors (Lipinski definition) is 5. The highest BCUT2D eigenvalue weighted by Gasteiger charge is 2.18. The van der Waals surface area contributed by atoms with E-state index in [4.69, 9.17) is 11.6 Å². The topological polar surface area (TPSA) is 101 Å². The predicted octanol–water partition coefficient (Wildman–Crippen LogP) is 3.18. The third-order valence-electron chi connectivity index (χ3n) is 4.19. The summed E-state index contributed by atoms with van der Waals surface area (Å²) < 4.78 is 1.41. The van der Waals surface area contributed by atoms with Crippen molar-refractivity contribution in [2.45, 2.75) is 13.8 Å². The molecule has 29 heavy (non-hydrogen) atoms. The Morgan fingerprint density at radius 1 is 1.03 bits per heavy atom. The van der Waals surface area contributed by atoms with Crippen molar-refractivity contribution in [1.82, 2.24) is 20.2 Å². The lowest BCUT2D eigenvalue weighted by Gasteiger charge is -2.07. The molecule has 2 heterocycles. The Labute approximate surface area is 172 Å². The molecular weight excluding hydrogens is 392 g/mol. The summed E-state index contributed by atoms with van der Waals surface area (Å²) in [6.45, 7) is 3.49. The number of aromatic nitrogens is 3. The molecule has 2 aromatic heterocycles. The second kappa shape index (κ2) is 8.66. The van der Waals surface area contributed by atoms with Crippen molar-refractivity contribution in [2.24, 2.45) is 12.1 Å². The number of hydrazone groups is 1. The van der Waals surface area contributed by atoms with Crippen LogP contribution in [0.25, 0.3) is 0 Å². The highest BCUT2D eigenvalue weighted by molar-refractivity contribution is 6.34. The molecule has 0 atom stereocenters. The van der Waals surface area contributed by atoms with E-state index in [1.807, 2.05) is 0 Å². The predicted molar refractivity (Wildman–Crippen MR) is 111 cm³/mol. The van der Waals surface area contributed by atoms with Gasteiger partial charge in [-0.2, -0.15) is 10.2 Å². The second-order valence-electron chi connectivity index (χ2n) is 6.28. The van der Waals surface area contributed by atoms with Crippen LogP contribution in [0.15, 0.2) is 53.9 Å².